The molecular weight excluding hydrogens is 537 g/mol. The monoisotopic (exact) mass is 564 g/mol. The van der Waals surface area contributed by atoms with Gasteiger partial charge in [-0.15, -0.1) is 0 Å². The van der Waals surface area contributed by atoms with Gasteiger partial charge in [-0.05, 0) is 49.4 Å². The fourth-order valence-corrected chi connectivity index (χ4v) is 4.75. The van der Waals surface area contributed by atoms with Crippen molar-refractivity contribution in [2.45, 2.75) is 6.92 Å². The van der Waals surface area contributed by atoms with Crippen LogP contribution in [0.5, 0.6) is 5.75 Å². The molecule has 5 rings (SSSR count). The van der Waals surface area contributed by atoms with E-state index in [9.17, 15) is 22.8 Å². The third-order valence-corrected chi connectivity index (χ3v) is 6.87. The van der Waals surface area contributed by atoms with Crippen molar-refractivity contribution in [1.29, 1.82) is 0 Å². The summed E-state index contributed by atoms with van der Waals surface area (Å²) in [6.45, 7) is 3.43. The van der Waals surface area contributed by atoms with Crippen molar-refractivity contribution >= 4 is 17.6 Å². The summed E-state index contributed by atoms with van der Waals surface area (Å²) in [6.07, 6.45) is 0. The quantitative estimate of drug-likeness (QED) is 0.230. The summed E-state index contributed by atoms with van der Waals surface area (Å²) in [6, 6.07) is 18.4. The minimum absolute atomic E-state index is 0.162. The minimum atomic E-state index is -1.66. The maximum absolute atomic E-state index is 14.1. The van der Waals surface area contributed by atoms with Crippen LogP contribution in [0.4, 0.5) is 18.9 Å². The number of benzene rings is 3. The Kier molecular flexibility index (Phi) is 7.95. The van der Waals surface area contributed by atoms with Gasteiger partial charge in [0.05, 0.1) is 25.0 Å². The van der Waals surface area contributed by atoms with Crippen molar-refractivity contribution in [2.75, 3.05) is 44.8 Å². The highest BCUT2D eigenvalue weighted by Gasteiger charge is 2.27. The molecule has 212 valence electrons. The van der Waals surface area contributed by atoms with Crippen molar-refractivity contribution in [3.05, 3.63) is 95.4 Å². The molecular formula is C30H27F3N4O4. The van der Waals surface area contributed by atoms with Gasteiger partial charge in [-0.3, -0.25) is 4.79 Å². The average molecular weight is 565 g/mol. The van der Waals surface area contributed by atoms with Crippen LogP contribution >= 0.6 is 0 Å². The molecule has 0 N–H and O–H groups in total. The molecule has 2 heterocycles. The van der Waals surface area contributed by atoms with E-state index in [1.807, 2.05) is 42.5 Å². The third kappa shape index (κ3) is 5.47. The van der Waals surface area contributed by atoms with Crippen molar-refractivity contribution in [1.82, 2.24) is 14.7 Å². The number of methoxy groups -OCH3 is 1. The molecule has 4 aromatic rings. The summed E-state index contributed by atoms with van der Waals surface area (Å²) in [5.41, 5.74) is 2.68. The minimum Gasteiger partial charge on any atom is -0.494 e. The van der Waals surface area contributed by atoms with Crippen LogP contribution in [0, 0.1) is 17.5 Å². The largest absolute Gasteiger partial charge is 0.494 e. The Labute approximate surface area is 234 Å². The van der Waals surface area contributed by atoms with Gasteiger partial charge in [0.2, 0.25) is 0 Å². The molecule has 1 amide bonds. The first-order valence-corrected chi connectivity index (χ1v) is 13.0. The maximum Gasteiger partial charge on any atom is 0.358 e. The van der Waals surface area contributed by atoms with Crippen LogP contribution in [0.1, 0.15) is 27.8 Å². The second-order valence-electron chi connectivity index (χ2n) is 9.27. The van der Waals surface area contributed by atoms with Crippen LogP contribution in [-0.2, 0) is 4.74 Å². The Morgan fingerprint density at radius 2 is 1.61 bits per heavy atom. The number of aromatic nitrogens is 2. The van der Waals surface area contributed by atoms with E-state index in [4.69, 9.17) is 9.47 Å². The van der Waals surface area contributed by atoms with Crippen LogP contribution < -0.4 is 9.64 Å². The number of piperazine rings is 1. The van der Waals surface area contributed by atoms with Gasteiger partial charge in [-0.25, -0.2) is 22.6 Å². The Morgan fingerprint density at radius 3 is 2.29 bits per heavy atom. The van der Waals surface area contributed by atoms with Gasteiger partial charge in [0.25, 0.3) is 5.91 Å². The summed E-state index contributed by atoms with van der Waals surface area (Å²) in [4.78, 5) is 28.7. The summed E-state index contributed by atoms with van der Waals surface area (Å²) < 4.78 is 53.3. The second-order valence-corrected chi connectivity index (χ2v) is 9.27. The first kappa shape index (κ1) is 27.8. The average Bonchev–Trinajstić information content (AvgIpc) is 3.45. The highest BCUT2D eigenvalue weighted by Crippen LogP contribution is 2.31. The van der Waals surface area contributed by atoms with E-state index < -0.39 is 34.9 Å². The normalized spacial score (nSPS) is 13.3. The van der Waals surface area contributed by atoms with Crippen LogP contribution in [0.25, 0.3) is 16.9 Å². The van der Waals surface area contributed by atoms with Crippen LogP contribution in [0.2, 0.25) is 0 Å². The van der Waals surface area contributed by atoms with E-state index in [-0.39, 0.29) is 25.4 Å². The maximum atomic E-state index is 14.1. The van der Waals surface area contributed by atoms with E-state index in [1.54, 1.807) is 30.8 Å². The number of amides is 1. The molecule has 3 aromatic carbocycles. The van der Waals surface area contributed by atoms with Crippen LogP contribution in [-0.4, -0.2) is 66.5 Å². The van der Waals surface area contributed by atoms with Gasteiger partial charge in [-0.2, -0.15) is 5.10 Å². The SMILES string of the molecule is CCOC(=O)c1cc(-c2ccc(N3CCN(C(=O)c4ccc(F)c(F)c4F)CC3)cc2)n(-c2ccccc2OC)n1. The Morgan fingerprint density at radius 1 is 0.902 bits per heavy atom. The summed E-state index contributed by atoms with van der Waals surface area (Å²) in [5.74, 6) is -5.11. The van der Waals surface area contributed by atoms with Crippen molar-refractivity contribution in [3.63, 3.8) is 0 Å². The smallest absolute Gasteiger partial charge is 0.358 e. The fraction of sp³-hybridized carbons (Fsp3) is 0.233. The lowest BCUT2D eigenvalue weighted by Gasteiger charge is -2.36. The molecule has 11 heteroatoms. The van der Waals surface area contributed by atoms with Crippen LogP contribution in [0.15, 0.2) is 66.7 Å². The van der Waals surface area contributed by atoms with Gasteiger partial charge in [0.15, 0.2) is 23.1 Å². The number of para-hydroxylation sites is 2. The number of ether oxygens (including phenoxy) is 2. The van der Waals surface area contributed by atoms with Gasteiger partial charge < -0.3 is 19.3 Å². The number of hydrogen-bond acceptors (Lipinski definition) is 6. The van der Waals surface area contributed by atoms with Crippen molar-refractivity contribution in [2.24, 2.45) is 0 Å². The number of anilines is 1. The van der Waals surface area contributed by atoms with Crippen LogP contribution in [0.3, 0.4) is 0 Å². The first-order valence-electron chi connectivity index (χ1n) is 13.0. The molecule has 0 bridgehead atoms. The Bertz CT molecular complexity index is 1580. The molecule has 1 saturated heterocycles. The standard InChI is InChI=1S/C30H27F3N4O4/c1-3-41-30(39)23-18-25(37(34-23)24-6-4-5-7-26(24)40-2)19-8-10-20(11-9-19)35-14-16-36(17-15-35)29(38)21-12-13-22(31)28(33)27(21)32/h4-13,18H,3,14-17H2,1-2H3. The molecule has 1 aliphatic heterocycles. The molecule has 0 aliphatic carbocycles. The highest BCUT2D eigenvalue weighted by atomic mass is 19.2. The molecule has 8 nitrogen and oxygen atoms in total. The summed E-state index contributed by atoms with van der Waals surface area (Å²) in [5, 5.41) is 4.51. The number of nitrogens with zero attached hydrogens (tertiary/aromatic N) is 4. The van der Waals surface area contributed by atoms with E-state index in [0.29, 0.717) is 30.2 Å². The number of halogens is 3. The molecule has 1 aromatic heterocycles. The molecule has 0 atom stereocenters. The predicted molar refractivity (Wildman–Crippen MR) is 146 cm³/mol. The molecule has 0 saturated carbocycles. The number of hydrogen-bond donors (Lipinski definition) is 0. The highest BCUT2D eigenvalue weighted by molar-refractivity contribution is 5.94. The molecule has 1 aliphatic rings. The number of esters is 1. The van der Waals surface area contributed by atoms with E-state index in [1.165, 1.54) is 4.90 Å². The number of carbonyl (C=O) groups is 2. The topological polar surface area (TPSA) is 76.9 Å². The molecule has 0 unspecified atom stereocenters. The molecule has 0 spiro atoms. The van der Waals surface area contributed by atoms with E-state index in [2.05, 4.69) is 10.00 Å². The predicted octanol–water partition coefficient (Wildman–Crippen LogP) is 5.10. The van der Waals surface area contributed by atoms with Gasteiger partial charge in [0.1, 0.15) is 11.4 Å². The molecule has 1 fully saturated rings. The Balaban J connectivity index is 1.35. The Hall–Kier alpha value is -4.80. The first-order chi connectivity index (χ1) is 19.8. The lowest BCUT2D eigenvalue weighted by Crippen LogP contribution is -2.49. The zero-order chi connectivity index (χ0) is 29.1. The zero-order valence-electron chi connectivity index (χ0n) is 22.4. The zero-order valence-corrected chi connectivity index (χ0v) is 22.4. The van der Waals surface area contributed by atoms with Gasteiger partial charge in [-0.1, -0.05) is 24.3 Å². The fourth-order valence-electron chi connectivity index (χ4n) is 4.75. The van der Waals surface area contributed by atoms with Crippen molar-refractivity contribution in [3.8, 4) is 22.7 Å². The van der Waals surface area contributed by atoms with E-state index in [0.717, 1.165) is 23.4 Å². The van der Waals surface area contributed by atoms with Gasteiger partial charge in [0, 0.05) is 37.4 Å². The molecule has 41 heavy (non-hydrogen) atoms. The summed E-state index contributed by atoms with van der Waals surface area (Å²) >= 11 is 0. The van der Waals surface area contributed by atoms with Gasteiger partial charge >= 0.3 is 5.97 Å². The lowest BCUT2D eigenvalue weighted by atomic mass is 10.1. The second kappa shape index (κ2) is 11.7. The molecule has 0 radical (unpaired) electrons. The lowest BCUT2D eigenvalue weighted by molar-refractivity contribution is 0.0518. The van der Waals surface area contributed by atoms with Crippen molar-refractivity contribution < 1.29 is 32.2 Å². The third-order valence-electron chi connectivity index (χ3n) is 6.87. The number of carbonyl (C=O) groups excluding carboxylic acids is 2. The van der Waals surface area contributed by atoms with E-state index >= 15 is 0 Å². The number of rotatable bonds is 7. The summed E-state index contributed by atoms with van der Waals surface area (Å²) in [7, 11) is 1.56.